The molecule has 0 aliphatic rings. The van der Waals surface area contributed by atoms with Gasteiger partial charge in [-0.05, 0) is 0 Å². The molecule has 1 aromatic rings. The number of methoxy groups -OCH3 is 1. The minimum atomic E-state index is -1.27. The first-order chi connectivity index (χ1) is 8.01. The van der Waals surface area contributed by atoms with Crippen molar-refractivity contribution in [2.24, 2.45) is 0 Å². The lowest BCUT2D eigenvalue weighted by Gasteiger charge is -2.15. The monoisotopic (exact) mass is 260 g/mol. The summed E-state index contributed by atoms with van der Waals surface area (Å²) in [5.41, 5.74) is -0.227. The van der Waals surface area contributed by atoms with E-state index >= 15 is 0 Å². The second-order valence-electron chi connectivity index (χ2n) is 3.25. The fourth-order valence-electron chi connectivity index (χ4n) is 1.23. The Bertz CT molecular complexity index is 414. The normalized spacial score (nSPS) is 14.1. The van der Waals surface area contributed by atoms with E-state index in [1.165, 1.54) is 13.3 Å². The summed E-state index contributed by atoms with van der Waals surface area (Å²) in [7, 11) is 1.26. The quantitative estimate of drug-likeness (QED) is 0.400. The van der Waals surface area contributed by atoms with Crippen LogP contribution in [0.4, 0.5) is 5.69 Å². The third-order valence-electron chi connectivity index (χ3n) is 2.14. The van der Waals surface area contributed by atoms with Gasteiger partial charge in [-0.2, -0.15) is 12.6 Å². The zero-order valence-electron chi connectivity index (χ0n) is 8.98. The highest BCUT2D eigenvalue weighted by atomic mass is 32.1. The van der Waals surface area contributed by atoms with Crippen LogP contribution in [0, 0.1) is 10.1 Å². The van der Waals surface area contributed by atoms with Crippen molar-refractivity contribution in [3.05, 3.63) is 27.9 Å². The molecule has 0 aliphatic heterocycles. The summed E-state index contributed by atoms with van der Waals surface area (Å²) in [5, 5.41) is 29.8. The molecule has 94 valence electrons. The van der Waals surface area contributed by atoms with E-state index in [1.54, 1.807) is 0 Å². The number of aliphatic hydroxyl groups excluding tert-OH is 2. The lowest BCUT2D eigenvalue weighted by molar-refractivity contribution is -0.386. The predicted octanol–water partition coefficient (Wildman–Crippen LogP) is 0.322. The van der Waals surface area contributed by atoms with Gasteiger partial charge in [0, 0.05) is 23.6 Å². The van der Waals surface area contributed by atoms with E-state index in [2.05, 4.69) is 17.6 Å². The molecule has 8 heteroatoms. The minimum absolute atomic E-state index is 0.0288. The smallest absolute Gasteiger partial charge is 0.331 e. The summed E-state index contributed by atoms with van der Waals surface area (Å²) in [6.45, 7) is 0. The number of thiol groups is 1. The molecule has 17 heavy (non-hydrogen) atoms. The Labute approximate surface area is 103 Å². The molecule has 2 unspecified atom stereocenters. The largest absolute Gasteiger partial charge is 0.476 e. The van der Waals surface area contributed by atoms with Gasteiger partial charge in [0.1, 0.15) is 6.10 Å². The Morgan fingerprint density at radius 1 is 1.65 bits per heavy atom. The Hall–Kier alpha value is -1.38. The number of aromatic nitrogens is 1. The van der Waals surface area contributed by atoms with E-state index in [0.717, 1.165) is 6.07 Å². The minimum Gasteiger partial charge on any atom is -0.476 e. The SMILES string of the molecule is COc1ncc(C(O)C(O)CS)cc1[N+](=O)[O-]. The topological polar surface area (TPSA) is 106 Å². The van der Waals surface area contributed by atoms with Gasteiger partial charge >= 0.3 is 5.69 Å². The van der Waals surface area contributed by atoms with Crippen LogP contribution in [0.15, 0.2) is 12.3 Å². The van der Waals surface area contributed by atoms with E-state index in [0.29, 0.717) is 0 Å². The summed E-state index contributed by atoms with van der Waals surface area (Å²) in [6.07, 6.45) is -1.18. The number of hydrogen-bond acceptors (Lipinski definition) is 7. The Morgan fingerprint density at radius 2 is 2.29 bits per heavy atom. The molecular formula is C9H12N2O5S. The van der Waals surface area contributed by atoms with Crippen LogP contribution in [0.25, 0.3) is 0 Å². The van der Waals surface area contributed by atoms with Crippen LogP contribution in [0.1, 0.15) is 11.7 Å². The maximum Gasteiger partial charge on any atom is 0.331 e. The van der Waals surface area contributed by atoms with E-state index in [9.17, 15) is 20.3 Å². The Morgan fingerprint density at radius 3 is 2.76 bits per heavy atom. The van der Waals surface area contributed by atoms with E-state index in [4.69, 9.17) is 4.74 Å². The van der Waals surface area contributed by atoms with Crippen LogP contribution in [-0.4, -0.2) is 39.1 Å². The molecule has 1 aromatic heterocycles. The molecule has 2 N–H and O–H groups in total. The third kappa shape index (κ3) is 3.05. The van der Waals surface area contributed by atoms with Crippen LogP contribution >= 0.6 is 12.6 Å². The first-order valence-electron chi connectivity index (χ1n) is 4.66. The average molecular weight is 260 g/mol. The zero-order valence-corrected chi connectivity index (χ0v) is 9.87. The molecule has 1 rings (SSSR count). The van der Waals surface area contributed by atoms with Gasteiger partial charge in [-0.15, -0.1) is 0 Å². The third-order valence-corrected chi connectivity index (χ3v) is 2.51. The molecule has 7 nitrogen and oxygen atoms in total. The highest BCUT2D eigenvalue weighted by Crippen LogP contribution is 2.28. The number of nitro groups is 1. The number of hydrogen-bond donors (Lipinski definition) is 3. The highest BCUT2D eigenvalue weighted by molar-refractivity contribution is 7.80. The van der Waals surface area contributed by atoms with Gasteiger partial charge in [0.25, 0.3) is 5.88 Å². The van der Waals surface area contributed by atoms with E-state index in [1.807, 2.05) is 0 Å². The summed E-state index contributed by atoms with van der Waals surface area (Å²) in [4.78, 5) is 13.7. The van der Waals surface area contributed by atoms with Crippen molar-refractivity contribution in [2.75, 3.05) is 12.9 Å². The molecular weight excluding hydrogens is 248 g/mol. The van der Waals surface area contributed by atoms with Crippen LogP contribution in [0.2, 0.25) is 0 Å². The van der Waals surface area contributed by atoms with Crippen LogP contribution in [0.5, 0.6) is 5.88 Å². The van der Waals surface area contributed by atoms with Crippen molar-refractivity contribution in [3.8, 4) is 5.88 Å². The summed E-state index contributed by atoms with van der Waals surface area (Å²) in [5.74, 6) is -0.118. The fraction of sp³-hybridized carbons (Fsp3) is 0.444. The van der Waals surface area contributed by atoms with Crippen molar-refractivity contribution in [3.63, 3.8) is 0 Å². The lowest BCUT2D eigenvalue weighted by Crippen LogP contribution is -2.20. The predicted molar refractivity (Wildman–Crippen MR) is 62.3 cm³/mol. The summed E-state index contributed by atoms with van der Waals surface area (Å²) < 4.78 is 4.72. The van der Waals surface area contributed by atoms with Crippen molar-refractivity contribution in [2.45, 2.75) is 12.2 Å². The zero-order chi connectivity index (χ0) is 13.0. The van der Waals surface area contributed by atoms with Gasteiger partial charge in [-0.25, -0.2) is 4.98 Å². The number of nitrogens with zero attached hydrogens (tertiary/aromatic N) is 2. The Balaban J connectivity index is 3.12. The number of aliphatic hydroxyl groups is 2. The van der Waals surface area contributed by atoms with Crippen LogP contribution in [-0.2, 0) is 0 Å². The van der Waals surface area contributed by atoms with Gasteiger partial charge in [0.2, 0.25) is 0 Å². The van der Waals surface area contributed by atoms with Gasteiger partial charge in [0.15, 0.2) is 0 Å². The summed E-state index contributed by atoms with van der Waals surface area (Å²) in [6, 6.07) is 1.11. The molecule has 1 heterocycles. The molecule has 0 spiro atoms. The number of pyridine rings is 1. The van der Waals surface area contributed by atoms with E-state index in [-0.39, 0.29) is 22.9 Å². The maximum atomic E-state index is 10.7. The first-order valence-corrected chi connectivity index (χ1v) is 5.29. The van der Waals surface area contributed by atoms with Crippen molar-refractivity contribution in [1.82, 2.24) is 4.98 Å². The molecule has 0 radical (unpaired) electrons. The van der Waals surface area contributed by atoms with Gasteiger partial charge < -0.3 is 14.9 Å². The maximum absolute atomic E-state index is 10.7. The first kappa shape index (κ1) is 13.7. The fourth-order valence-corrected chi connectivity index (χ4v) is 1.43. The summed E-state index contributed by atoms with van der Waals surface area (Å²) >= 11 is 3.82. The molecule has 0 saturated carbocycles. The molecule has 0 fully saturated rings. The molecule has 0 bridgehead atoms. The second-order valence-corrected chi connectivity index (χ2v) is 3.61. The van der Waals surface area contributed by atoms with Crippen molar-refractivity contribution in [1.29, 1.82) is 0 Å². The Kier molecular flexibility index (Phi) is 4.67. The number of ether oxygens (including phenoxy) is 1. The molecule has 0 amide bonds. The number of rotatable bonds is 5. The lowest BCUT2D eigenvalue weighted by atomic mass is 10.1. The molecule has 0 saturated heterocycles. The van der Waals surface area contributed by atoms with Gasteiger partial charge in [0.05, 0.1) is 18.1 Å². The van der Waals surface area contributed by atoms with Crippen LogP contribution < -0.4 is 4.74 Å². The highest BCUT2D eigenvalue weighted by Gasteiger charge is 2.23. The van der Waals surface area contributed by atoms with Gasteiger partial charge in [-0.1, -0.05) is 0 Å². The second kappa shape index (κ2) is 5.80. The molecule has 2 atom stereocenters. The molecule has 0 aliphatic carbocycles. The standard InChI is InChI=1S/C9H12N2O5S/c1-16-9-6(11(14)15)2-5(3-10-9)8(13)7(12)4-17/h2-3,7-8,12-13,17H,4H2,1H3. The average Bonchev–Trinajstić information content (AvgIpc) is 2.35. The van der Waals surface area contributed by atoms with Crippen molar-refractivity contribution < 1.29 is 19.9 Å². The van der Waals surface area contributed by atoms with Crippen LogP contribution in [0.3, 0.4) is 0 Å². The van der Waals surface area contributed by atoms with E-state index < -0.39 is 17.1 Å². The van der Waals surface area contributed by atoms with Crippen molar-refractivity contribution >= 4 is 18.3 Å². The van der Waals surface area contributed by atoms with Gasteiger partial charge in [-0.3, -0.25) is 10.1 Å². The molecule has 0 aromatic carbocycles.